The molecule has 0 aliphatic rings. The molecule has 0 saturated heterocycles. The first-order valence-corrected chi connectivity index (χ1v) is 4.22. The lowest BCUT2D eigenvalue weighted by atomic mass is 10.0. The van der Waals surface area contributed by atoms with Gasteiger partial charge in [-0.3, -0.25) is 4.79 Å². The van der Waals surface area contributed by atoms with Crippen molar-refractivity contribution in [1.82, 2.24) is 0 Å². The normalized spacial score (nSPS) is 9.21. The Balaban J connectivity index is 3.32. The number of hydrogen-bond donors (Lipinski definition) is 0. The monoisotopic (exact) mass is 189 g/mol. The van der Waals surface area contributed by atoms with Crippen molar-refractivity contribution in [2.45, 2.75) is 13.3 Å². The largest absolute Gasteiger partial charge is 0.496 e. The van der Waals surface area contributed by atoms with E-state index in [-0.39, 0.29) is 6.42 Å². The van der Waals surface area contributed by atoms with E-state index < -0.39 is 0 Å². The highest BCUT2D eigenvalue weighted by Gasteiger charge is 2.08. The number of aryl methyl sites for hydroxylation is 1. The van der Waals surface area contributed by atoms with Gasteiger partial charge >= 0.3 is 0 Å². The molecule has 3 nitrogen and oxygen atoms in total. The lowest BCUT2D eigenvalue weighted by molar-refractivity contribution is 0.112. The molecule has 1 rings (SSSR count). The van der Waals surface area contributed by atoms with Crippen molar-refractivity contribution in [2.24, 2.45) is 0 Å². The number of carbonyl (C=O) groups excluding carboxylic acids is 1. The van der Waals surface area contributed by atoms with Gasteiger partial charge in [-0.15, -0.1) is 0 Å². The molecule has 0 unspecified atom stereocenters. The zero-order valence-electron chi connectivity index (χ0n) is 8.20. The van der Waals surface area contributed by atoms with Crippen LogP contribution in [0.3, 0.4) is 0 Å². The van der Waals surface area contributed by atoms with Crippen LogP contribution in [0.15, 0.2) is 12.1 Å². The second kappa shape index (κ2) is 4.43. The van der Waals surface area contributed by atoms with Gasteiger partial charge in [-0.1, -0.05) is 6.07 Å². The molecule has 0 N–H and O–H groups in total. The summed E-state index contributed by atoms with van der Waals surface area (Å²) in [7, 11) is 1.51. The summed E-state index contributed by atoms with van der Waals surface area (Å²) in [5.74, 6) is 0.533. The lowest BCUT2D eigenvalue weighted by Crippen LogP contribution is -1.97. The molecule has 0 radical (unpaired) electrons. The van der Waals surface area contributed by atoms with E-state index in [4.69, 9.17) is 10.00 Å². The van der Waals surface area contributed by atoms with E-state index in [1.165, 1.54) is 7.11 Å². The average molecular weight is 189 g/mol. The molecule has 0 amide bonds. The number of ether oxygens (including phenoxy) is 1. The van der Waals surface area contributed by atoms with Gasteiger partial charge in [-0.2, -0.15) is 5.26 Å². The van der Waals surface area contributed by atoms with Crippen LogP contribution in [-0.2, 0) is 6.42 Å². The number of methoxy groups -OCH3 is 1. The van der Waals surface area contributed by atoms with Crippen LogP contribution in [0, 0.1) is 18.3 Å². The topological polar surface area (TPSA) is 50.1 Å². The average Bonchev–Trinajstić information content (AvgIpc) is 2.17. The van der Waals surface area contributed by atoms with Crippen LogP contribution >= 0.6 is 0 Å². The SMILES string of the molecule is COc1cc(C)cc(CC#N)c1C=O. The molecular weight excluding hydrogens is 178 g/mol. The quantitative estimate of drug-likeness (QED) is 0.682. The van der Waals surface area contributed by atoms with Crippen molar-refractivity contribution >= 4 is 6.29 Å². The molecule has 0 bridgehead atoms. The Morgan fingerprint density at radius 2 is 2.29 bits per heavy atom. The molecule has 1 aromatic carbocycles. The Kier molecular flexibility index (Phi) is 3.24. The second-order valence-electron chi connectivity index (χ2n) is 2.99. The maximum Gasteiger partial charge on any atom is 0.154 e. The fraction of sp³-hybridized carbons (Fsp3) is 0.273. The predicted molar refractivity (Wildman–Crippen MR) is 52.4 cm³/mol. The zero-order chi connectivity index (χ0) is 10.6. The fourth-order valence-electron chi connectivity index (χ4n) is 1.37. The molecule has 0 spiro atoms. The number of hydrogen-bond acceptors (Lipinski definition) is 3. The van der Waals surface area contributed by atoms with Gasteiger partial charge in [0.2, 0.25) is 0 Å². The van der Waals surface area contributed by atoms with Gasteiger partial charge in [0, 0.05) is 0 Å². The minimum Gasteiger partial charge on any atom is -0.496 e. The minimum absolute atomic E-state index is 0.228. The third-order valence-electron chi connectivity index (χ3n) is 1.98. The predicted octanol–water partition coefficient (Wildman–Crippen LogP) is 1.88. The van der Waals surface area contributed by atoms with E-state index in [0.717, 1.165) is 17.4 Å². The zero-order valence-corrected chi connectivity index (χ0v) is 8.20. The van der Waals surface area contributed by atoms with Crippen LogP contribution in [0.5, 0.6) is 5.75 Å². The summed E-state index contributed by atoms with van der Waals surface area (Å²) in [6.45, 7) is 1.90. The third kappa shape index (κ3) is 1.91. The van der Waals surface area contributed by atoms with E-state index >= 15 is 0 Å². The molecule has 14 heavy (non-hydrogen) atoms. The molecule has 3 heteroatoms. The summed E-state index contributed by atoms with van der Waals surface area (Å²) >= 11 is 0. The number of rotatable bonds is 3. The highest BCUT2D eigenvalue weighted by atomic mass is 16.5. The van der Waals surface area contributed by atoms with Crippen LogP contribution in [0.2, 0.25) is 0 Å². The highest BCUT2D eigenvalue weighted by Crippen LogP contribution is 2.23. The number of aldehydes is 1. The molecule has 0 fully saturated rings. The number of nitrogens with zero attached hydrogens (tertiary/aromatic N) is 1. The van der Waals surface area contributed by atoms with Crippen molar-refractivity contribution in [1.29, 1.82) is 5.26 Å². The van der Waals surface area contributed by atoms with Crippen molar-refractivity contribution in [2.75, 3.05) is 7.11 Å². The van der Waals surface area contributed by atoms with E-state index in [2.05, 4.69) is 0 Å². The third-order valence-corrected chi connectivity index (χ3v) is 1.98. The molecule has 1 aromatic rings. The van der Waals surface area contributed by atoms with Crippen molar-refractivity contribution < 1.29 is 9.53 Å². The van der Waals surface area contributed by atoms with E-state index in [1.807, 2.05) is 19.1 Å². The second-order valence-corrected chi connectivity index (χ2v) is 2.99. The molecule has 0 aliphatic carbocycles. The van der Waals surface area contributed by atoms with E-state index in [1.54, 1.807) is 6.07 Å². The standard InChI is InChI=1S/C11H11NO2/c1-8-5-9(3-4-12)10(7-13)11(6-8)14-2/h5-7H,3H2,1-2H3. The molecular formula is C11H11NO2. The maximum absolute atomic E-state index is 10.8. The van der Waals surface area contributed by atoms with Gasteiger partial charge in [0.1, 0.15) is 5.75 Å². The van der Waals surface area contributed by atoms with E-state index in [0.29, 0.717) is 11.3 Å². The van der Waals surface area contributed by atoms with Gasteiger partial charge in [0.15, 0.2) is 6.29 Å². The fourth-order valence-corrected chi connectivity index (χ4v) is 1.37. The molecule has 0 aromatic heterocycles. The first-order chi connectivity index (χ1) is 6.72. The van der Waals surface area contributed by atoms with Gasteiger partial charge < -0.3 is 4.74 Å². The number of benzene rings is 1. The smallest absolute Gasteiger partial charge is 0.154 e. The Morgan fingerprint density at radius 1 is 1.57 bits per heavy atom. The first kappa shape index (κ1) is 10.3. The van der Waals surface area contributed by atoms with Crippen LogP contribution in [-0.4, -0.2) is 13.4 Å². The van der Waals surface area contributed by atoms with Crippen LogP contribution < -0.4 is 4.74 Å². The van der Waals surface area contributed by atoms with E-state index in [9.17, 15) is 4.79 Å². The molecule has 0 atom stereocenters. The van der Waals surface area contributed by atoms with Crippen molar-refractivity contribution in [3.05, 3.63) is 28.8 Å². The Labute approximate surface area is 82.9 Å². The molecule has 0 saturated carbocycles. The van der Waals surface area contributed by atoms with Gasteiger partial charge in [0.05, 0.1) is 25.2 Å². The molecule has 0 aliphatic heterocycles. The Morgan fingerprint density at radius 3 is 2.79 bits per heavy atom. The Hall–Kier alpha value is -1.82. The van der Waals surface area contributed by atoms with Crippen LogP contribution in [0.4, 0.5) is 0 Å². The van der Waals surface area contributed by atoms with Gasteiger partial charge in [-0.25, -0.2) is 0 Å². The molecule has 0 heterocycles. The highest BCUT2D eigenvalue weighted by molar-refractivity contribution is 5.82. The number of nitriles is 1. The first-order valence-electron chi connectivity index (χ1n) is 4.22. The summed E-state index contributed by atoms with van der Waals surface area (Å²) in [5.41, 5.74) is 2.18. The summed E-state index contributed by atoms with van der Waals surface area (Å²) in [5, 5.41) is 8.59. The van der Waals surface area contributed by atoms with Crippen LogP contribution in [0.25, 0.3) is 0 Å². The Bertz CT molecular complexity index is 391. The summed E-state index contributed by atoms with van der Waals surface area (Å²) < 4.78 is 5.06. The van der Waals surface area contributed by atoms with Crippen molar-refractivity contribution in [3.8, 4) is 11.8 Å². The summed E-state index contributed by atoms with van der Waals surface area (Å²) in [6, 6.07) is 5.63. The van der Waals surface area contributed by atoms with Crippen LogP contribution in [0.1, 0.15) is 21.5 Å². The van der Waals surface area contributed by atoms with Gasteiger partial charge in [0.25, 0.3) is 0 Å². The van der Waals surface area contributed by atoms with Gasteiger partial charge in [-0.05, 0) is 24.1 Å². The summed E-state index contributed by atoms with van der Waals surface area (Å²) in [6.07, 6.45) is 0.955. The minimum atomic E-state index is 0.228. The number of carbonyl (C=O) groups is 1. The molecule has 72 valence electrons. The van der Waals surface area contributed by atoms with Crippen molar-refractivity contribution in [3.63, 3.8) is 0 Å². The maximum atomic E-state index is 10.8. The lowest BCUT2D eigenvalue weighted by Gasteiger charge is -2.08. The summed E-state index contributed by atoms with van der Waals surface area (Å²) in [4.78, 5) is 10.8.